The summed E-state index contributed by atoms with van der Waals surface area (Å²) in [4.78, 5) is 54.9. The Kier molecular flexibility index (Phi) is 8.99. The lowest BCUT2D eigenvalue weighted by Crippen LogP contribution is -2.22. The predicted octanol–water partition coefficient (Wildman–Crippen LogP) is 4.71. The third-order valence-electron chi connectivity index (χ3n) is 10.5. The molecule has 0 fully saturated rings. The van der Waals surface area contributed by atoms with E-state index in [-0.39, 0.29) is 21.5 Å². The van der Waals surface area contributed by atoms with Gasteiger partial charge in [0.05, 0.1) is 43.8 Å². The van der Waals surface area contributed by atoms with Crippen LogP contribution in [0, 0.1) is 0 Å². The van der Waals surface area contributed by atoms with Crippen molar-refractivity contribution in [2.24, 2.45) is 0 Å². The van der Waals surface area contributed by atoms with Crippen LogP contribution in [-0.4, -0.2) is 61.3 Å². The zero-order chi connectivity index (χ0) is 43.9. The summed E-state index contributed by atoms with van der Waals surface area (Å²) in [5.74, 6) is -13.9. The molecule has 0 atom stereocenters. The smallest absolute Gasteiger partial charge is 0.343 e. The first kappa shape index (κ1) is 39.2. The summed E-state index contributed by atoms with van der Waals surface area (Å²) >= 11 is 0. The quantitative estimate of drug-likeness (QED) is 0.0727. The number of rotatable bonds is 8. The van der Waals surface area contributed by atoms with E-state index in [0.29, 0.717) is 0 Å². The molecule has 0 saturated heterocycles. The summed E-state index contributed by atoms with van der Waals surface area (Å²) in [5.41, 5.74) is -11.2. The van der Waals surface area contributed by atoms with Crippen LogP contribution < -0.4 is 22.5 Å². The summed E-state index contributed by atoms with van der Waals surface area (Å²) < 4.78 is 21.1. The van der Waals surface area contributed by atoms with E-state index in [1.54, 1.807) is 0 Å². The van der Waals surface area contributed by atoms with E-state index in [1.807, 2.05) is 0 Å². The van der Waals surface area contributed by atoms with Gasteiger partial charge in [-0.3, -0.25) is 0 Å². The molecule has 4 aromatic heterocycles. The van der Waals surface area contributed by atoms with Crippen LogP contribution in [-0.2, 0) is 0 Å². The molecule has 0 aliphatic heterocycles. The number of phenols is 8. The van der Waals surface area contributed by atoms with Gasteiger partial charge in [0, 0.05) is 11.8 Å². The van der Waals surface area contributed by atoms with Crippen molar-refractivity contribution >= 4 is 43.9 Å². The molecule has 0 bridgehead atoms. The molecule has 12 N–H and O–H groups in total. The Morgan fingerprint density at radius 3 is 0.754 bits per heavy atom. The van der Waals surface area contributed by atoms with E-state index in [4.69, 9.17) is 17.7 Å². The van der Waals surface area contributed by atoms with Gasteiger partial charge in [0.1, 0.15) is 23.0 Å². The molecule has 61 heavy (non-hydrogen) atoms. The summed E-state index contributed by atoms with van der Waals surface area (Å²) in [6, 6.07) is 8.02. The van der Waals surface area contributed by atoms with Crippen LogP contribution in [0.5, 0.6) is 69.0 Å². The van der Waals surface area contributed by atoms with Crippen LogP contribution in [0.15, 0.2) is 85.4 Å². The van der Waals surface area contributed by atoms with Gasteiger partial charge >= 0.3 is 22.5 Å². The molecule has 8 rings (SSSR count). The van der Waals surface area contributed by atoms with Gasteiger partial charge in [-0.1, -0.05) is 6.42 Å². The molecule has 0 unspecified atom stereocenters. The SMILES string of the molecule is O=c1oc2c(O)c(O)ccc2c(O)c1C(CCCC(c1c(O)c2ccc(O)c(O)c2oc1=O)c1c(O)c2ccc(O)c(O)c2oc1=O)c1c(O)c2ccc(O)c(O)c2oc1=O. The fourth-order valence-electron chi connectivity index (χ4n) is 7.58. The molecule has 0 aliphatic carbocycles. The third kappa shape index (κ3) is 5.91. The molecule has 4 heterocycles. The van der Waals surface area contributed by atoms with Gasteiger partial charge in [-0.2, -0.15) is 0 Å². The first-order chi connectivity index (χ1) is 28.9. The number of benzene rings is 4. The monoisotopic (exact) mass is 840 g/mol. The molecule has 4 aromatic carbocycles. The van der Waals surface area contributed by atoms with Crippen LogP contribution in [0.2, 0.25) is 0 Å². The predicted molar refractivity (Wildman–Crippen MR) is 207 cm³/mol. The Balaban J connectivity index is 1.34. The van der Waals surface area contributed by atoms with E-state index in [1.165, 1.54) is 0 Å². The van der Waals surface area contributed by atoms with Gasteiger partial charge in [0.25, 0.3) is 0 Å². The lowest BCUT2D eigenvalue weighted by atomic mass is 9.82. The number of hydrogen-bond acceptors (Lipinski definition) is 20. The Morgan fingerprint density at radius 1 is 0.328 bits per heavy atom. The molecule has 0 radical (unpaired) electrons. The molecule has 20 heteroatoms. The van der Waals surface area contributed by atoms with Crippen molar-refractivity contribution in [3.8, 4) is 69.0 Å². The minimum absolute atomic E-state index is 0.360. The molecule has 8 aromatic rings. The van der Waals surface area contributed by atoms with Crippen molar-refractivity contribution in [3.05, 3.63) is 112 Å². The van der Waals surface area contributed by atoms with Crippen LogP contribution in [0.3, 0.4) is 0 Å². The van der Waals surface area contributed by atoms with Crippen LogP contribution in [0.25, 0.3) is 43.9 Å². The summed E-state index contributed by atoms with van der Waals surface area (Å²) in [6.45, 7) is 0. The zero-order valence-corrected chi connectivity index (χ0v) is 30.5. The fraction of sp³-hybridized carbons (Fsp3) is 0.122. The summed E-state index contributed by atoms with van der Waals surface area (Å²) in [5, 5.41) is 126. The van der Waals surface area contributed by atoms with Gasteiger partial charge in [-0.25, -0.2) is 19.2 Å². The molecule has 0 saturated carbocycles. The Labute approximate surface area is 335 Å². The van der Waals surface area contributed by atoms with Crippen LogP contribution in [0.4, 0.5) is 0 Å². The molecular formula is C41H28O20. The van der Waals surface area contributed by atoms with Crippen molar-refractivity contribution in [1.29, 1.82) is 0 Å². The van der Waals surface area contributed by atoms with Crippen molar-refractivity contribution in [1.82, 2.24) is 0 Å². The number of fused-ring (bicyclic) bond motifs is 4. The highest BCUT2D eigenvalue weighted by atomic mass is 16.4. The van der Waals surface area contributed by atoms with E-state index >= 15 is 0 Å². The molecule has 312 valence electrons. The number of aromatic hydroxyl groups is 12. The highest BCUT2D eigenvalue weighted by Gasteiger charge is 2.36. The van der Waals surface area contributed by atoms with Crippen molar-refractivity contribution in [2.45, 2.75) is 31.1 Å². The van der Waals surface area contributed by atoms with Crippen molar-refractivity contribution < 1.29 is 78.9 Å². The van der Waals surface area contributed by atoms with E-state index in [2.05, 4.69) is 0 Å². The fourth-order valence-corrected chi connectivity index (χ4v) is 7.58. The minimum atomic E-state index is -1.78. The van der Waals surface area contributed by atoms with Gasteiger partial charge in [0.15, 0.2) is 45.3 Å². The normalized spacial score (nSPS) is 11.8. The van der Waals surface area contributed by atoms with Crippen LogP contribution in [0.1, 0.15) is 53.4 Å². The molecule has 20 nitrogen and oxygen atoms in total. The first-order valence-electron chi connectivity index (χ1n) is 17.7. The Morgan fingerprint density at radius 2 is 0.541 bits per heavy atom. The number of hydrogen-bond donors (Lipinski definition) is 12. The summed E-state index contributed by atoms with van der Waals surface area (Å²) in [7, 11) is 0. The maximum atomic E-state index is 13.7. The average molecular weight is 841 g/mol. The zero-order valence-electron chi connectivity index (χ0n) is 30.5. The Hall–Kier alpha value is -8.68. The Bertz CT molecular complexity index is 2980. The lowest BCUT2D eigenvalue weighted by Gasteiger charge is -2.22. The largest absolute Gasteiger partial charge is 0.507 e. The van der Waals surface area contributed by atoms with E-state index < -0.39 is 167 Å². The van der Waals surface area contributed by atoms with E-state index in [9.17, 15) is 80.5 Å². The van der Waals surface area contributed by atoms with Crippen LogP contribution >= 0.6 is 0 Å². The molecule has 0 spiro atoms. The van der Waals surface area contributed by atoms with E-state index in [0.717, 1.165) is 48.5 Å². The topological polar surface area (TPSA) is 364 Å². The maximum Gasteiger partial charge on any atom is 0.343 e. The molecule has 0 amide bonds. The highest BCUT2D eigenvalue weighted by molar-refractivity contribution is 5.94. The molecular weight excluding hydrogens is 812 g/mol. The second kappa shape index (κ2) is 14.0. The van der Waals surface area contributed by atoms with Gasteiger partial charge in [-0.15, -0.1) is 0 Å². The second-order valence-corrected chi connectivity index (χ2v) is 13.9. The van der Waals surface area contributed by atoms with Gasteiger partial charge < -0.3 is 78.9 Å². The standard InChI is InChI=1S/C41H28O20/c42-18-8-4-14-26(46)22(38(54)58-34(14)30(18)50)12(23-27(47)15-5-9-19(43)31(51)35(15)59-39(23)55)2-1-3-13(24-28(48)16-6-10-20(44)32(52)36(16)60-40(24)56)25-29(49)17-7-11-21(45)33(53)37(17)61-41(25)57/h4-13,42-53H,1-3H2. The highest BCUT2D eigenvalue weighted by Crippen LogP contribution is 2.48. The average Bonchev–Trinajstić information content (AvgIpc) is 3.20. The second-order valence-electron chi connectivity index (χ2n) is 13.9. The number of phenolic OH excluding ortho intramolecular Hbond substituents is 8. The maximum absolute atomic E-state index is 13.7. The van der Waals surface area contributed by atoms with Crippen molar-refractivity contribution in [2.75, 3.05) is 0 Å². The molecule has 0 aliphatic rings. The summed E-state index contributed by atoms with van der Waals surface area (Å²) in [6.07, 6.45) is -1.53. The first-order valence-corrected chi connectivity index (χ1v) is 17.7. The van der Waals surface area contributed by atoms with Gasteiger partial charge in [0.2, 0.25) is 23.0 Å². The lowest BCUT2D eigenvalue weighted by molar-refractivity contribution is 0.387. The van der Waals surface area contributed by atoms with Gasteiger partial charge in [-0.05, 0) is 61.4 Å². The minimum Gasteiger partial charge on any atom is -0.507 e. The van der Waals surface area contributed by atoms with Crippen molar-refractivity contribution in [3.63, 3.8) is 0 Å². The third-order valence-corrected chi connectivity index (χ3v) is 10.5.